The van der Waals surface area contributed by atoms with E-state index in [4.69, 9.17) is 0 Å². The van der Waals surface area contributed by atoms with Gasteiger partial charge in [0.2, 0.25) is 0 Å². The molecule has 1 nitrogen and oxygen atoms in total. The van der Waals surface area contributed by atoms with Crippen LogP contribution in [0.5, 0.6) is 0 Å². The van der Waals surface area contributed by atoms with Crippen LogP contribution < -0.4 is 5.32 Å². The molecule has 15 heavy (non-hydrogen) atoms. The van der Waals surface area contributed by atoms with E-state index in [1.54, 1.807) is 0 Å². The predicted octanol–water partition coefficient (Wildman–Crippen LogP) is 2.80. The smallest absolute Gasteiger partial charge is 0.0249 e. The molecule has 1 fully saturated rings. The number of thioether (sulfide) groups is 1. The third-order valence-electron chi connectivity index (χ3n) is 2.96. The minimum absolute atomic E-state index is 0.621. The molecule has 1 unspecified atom stereocenters. The Kier molecular flexibility index (Phi) is 3.71. The lowest BCUT2D eigenvalue weighted by atomic mass is 9.99. The number of benzene rings is 1. The van der Waals surface area contributed by atoms with Crippen molar-refractivity contribution in [2.24, 2.45) is 0 Å². The maximum Gasteiger partial charge on any atom is 0.0249 e. The Hall–Kier alpha value is -0.470. The molecule has 1 aromatic rings. The Balaban J connectivity index is 1.86. The summed E-state index contributed by atoms with van der Waals surface area (Å²) in [6.45, 7) is 5.56. The first-order valence-corrected chi connectivity index (χ1v) is 6.79. The van der Waals surface area contributed by atoms with E-state index in [-0.39, 0.29) is 0 Å². The van der Waals surface area contributed by atoms with Crippen molar-refractivity contribution in [3.05, 3.63) is 35.4 Å². The minimum atomic E-state index is 0.621. The van der Waals surface area contributed by atoms with Crippen LogP contribution in [0.1, 0.15) is 24.0 Å². The molecule has 2 heteroatoms. The SMILES string of the molecule is Cc1cccc(C(C)CNC2CSC2)c1. The molecule has 0 aromatic heterocycles. The third kappa shape index (κ3) is 2.99. The summed E-state index contributed by atoms with van der Waals surface area (Å²) in [6.07, 6.45) is 0. The maximum absolute atomic E-state index is 3.62. The first-order chi connectivity index (χ1) is 7.25. The largest absolute Gasteiger partial charge is 0.312 e. The van der Waals surface area contributed by atoms with E-state index in [0.29, 0.717) is 5.92 Å². The monoisotopic (exact) mass is 221 g/mol. The zero-order chi connectivity index (χ0) is 10.7. The summed E-state index contributed by atoms with van der Waals surface area (Å²) < 4.78 is 0. The summed E-state index contributed by atoms with van der Waals surface area (Å²) in [5.41, 5.74) is 2.81. The Morgan fingerprint density at radius 3 is 2.87 bits per heavy atom. The van der Waals surface area contributed by atoms with Gasteiger partial charge < -0.3 is 5.32 Å². The summed E-state index contributed by atoms with van der Waals surface area (Å²) in [5.74, 6) is 3.21. The standard InChI is InChI=1S/C13H19NS/c1-10-4-3-5-12(6-10)11(2)7-14-13-8-15-9-13/h3-6,11,13-14H,7-9H2,1-2H3. The highest BCUT2D eigenvalue weighted by Crippen LogP contribution is 2.19. The van der Waals surface area contributed by atoms with Crippen LogP contribution >= 0.6 is 11.8 Å². The molecular formula is C13H19NS. The van der Waals surface area contributed by atoms with E-state index in [0.717, 1.165) is 12.6 Å². The van der Waals surface area contributed by atoms with Crippen LogP contribution in [0, 0.1) is 6.92 Å². The van der Waals surface area contributed by atoms with Gasteiger partial charge >= 0.3 is 0 Å². The lowest BCUT2D eigenvalue weighted by Crippen LogP contribution is -2.41. The second-order valence-corrected chi connectivity index (χ2v) is 5.53. The van der Waals surface area contributed by atoms with Gasteiger partial charge in [0.15, 0.2) is 0 Å². The highest BCUT2D eigenvalue weighted by Gasteiger charge is 2.18. The fourth-order valence-electron chi connectivity index (χ4n) is 1.79. The van der Waals surface area contributed by atoms with Crippen LogP contribution in [0.3, 0.4) is 0 Å². The highest BCUT2D eigenvalue weighted by molar-refractivity contribution is 8.00. The summed E-state index contributed by atoms with van der Waals surface area (Å²) in [4.78, 5) is 0. The summed E-state index contributed by atoms with van der Waals surface area (Å²) in [7, 11) is 0. The number of hydrogen-bond acceptors (Lipinski definition) is 2. The van der Waals surface area contributed by atoms with Crippen molar-refractivity contribution in [1.82, 2.24) is 5.32 Å². The Morgan fingerprint density at radius 1 is 1.47 bits per heavy atom. The van der Waals surface area contributed by atoms with E-state index < -0.39 is 0 Å². The van der Waals surface area contributed by atoms with E-state index >= 15 is 0 Å². The first-order valence-electron chi connectivity index (χ1n) is 5.63. The quantitative estimate of drug-likeness (QED) is 0.839. The van der Waals surface area contributed by atoms with E-state index in [2.05, 4.69) is 43.4 Å². The Bertz CT molecular complexity index is 320. The number of hydrogen-bond donors (Lipinski definition) is 1. The Labute approximate surface area is 96.7 Å². The minimum Gasteiger partial charge on any atom is -0.312 e. The lowest BCUT2D eigenvalue weighted by Gasteiger charge is -2.27. The van der Waals surface area contributed by atoms with Crippen molar-refractivity contribution in [3.63, 3.8) is 0 Å². The summed E-state index contributed by atoms with van der Waals surface area (Å²) in [6, 6.07) is 9.60. The molecule has 0 amide bonds. The van der Waals surface area contributed by atoms with Gasteiger partial charge in [-0.1, -0.05) is 36.8 Å². The van der Waals surface area contributed by atoms with Crippen LogP contribution in [0.4, 0.5) is 0 Å². The highest BCUT2D eigenvalue weighted by atomic mass is 32.2. The van der Waals surface area contributed by atoms with Gasteiger partial charge in [-0.05, 0) is 18.4 Å². The third-order valence-corrected chi connectivity index (χ3v) is 4.24. The number of aryl methyl sites for hydroxylation is 1. The summed E-state index contributed by atoms with van der Waals surface area (Å²) in [5, 5.41) is 3.62. The van der Waals surface area contributed by atoms with Gasteiger partial charge in [-0.15, -0.1) is 0 Å². The average Bonchev–Trinajstić information content (AvgIpc) is 2.15. The molecule has 1 atom stereocenters. The topological polar surface area (TPSA) is 12.0 Å². The Morgan fingerprint density at radius 2 is 2.27 bits per heavy atom. The molecule has 1 aromatic carbocycles. The molecule has 1 N–H and O–H groups in total. The second kappa shape index (κ2) is 5.04. The number of nitrogens with one attached hydrogen (secondary N) is 1. The fourth-order valence-corrected chi connectivity index (χ4v) is 2.50. The van der Waals surface area contributed by atoms with Crippen molar-refractivity contribution < 1.29 is 0 Å². The molecular weight excluding hydrogens is 202 g/mol. The van der Waals surface area contributed by atoms with Crippen molar-refractivity contribution in [2.75, 3.05) is 18.1 Å². The molecule has 2 rings (SSSR count). The van der Waals surface area contributed by atoms with Gasteiger partial charge in [0, 0.05) is 24.1 Å². The van der Waals surface area contributed by atoms with Gasteiger partial charge in [0.25, 0.3) is 0 Å². The van der Waals surface area contributed by atoms with E-state index in [9.17, 15) is 0 Å². The average molecular weight is 221 g/mol. The van der Waals surface area contributed by atoms with Gasteiger partial charge in [-0.25, -0.2) is 0 Å². The van der Waals surface area contributed by atoms with Crippen molar-refractivity contribution >= 4 is 11.8 Å². The van der Waals surface area contributed by atoms with Crippen LogP contribution in [0.15, 0.2) is 24.3 Å². The van der Waals surface area contributed by atoms with E-state index in [1.165, 1.54) is 22.6 Å². The molecule has 0 bridgehead atoms. The van der Waals surface area contributed by atoms with Crippen LogP contribution in [0.25, 0.3) is 0 Å². The molecule has 1 aliphatic heterocycles. The molecule has 0 saturated carbocycles. The molecule has 0 radical (unpaired) electrons. The van der Waals surface area contributed by atoms with Crippen molar-refractivity contribution in [2.45, 2.75) is 25.8 Å². The zero-order valence-corrected chi connectivity index (χ0v) is 10.3. The van der Waals surface area contributed by atoms with Crippen LogP contribution in [-0.4, -0.2) is 24.1 Å². The van der Waals surface area contributed by atoms with Gasteiger partial charge in [-0.3, -0.25) is 0 Å². The summed E-state index contributed by atoms with van der Waals surface area (Å²) >= 11 is 2.03. The molecule has 1 heterocycles. The van der Waals surface area contributed by atoms with Crippen LogP contribution in [-0.2, 0) is 0 Å². The fraction of sp³-hybridized carbons (Fsp3) is 0.538. The van der Waals surface area contributed by atoms with E-state index in [1.807, 2.05) is 11.8 Å². The molecule has 1 aliphatic rings. The first kappa shape index (κ1) is 11.0. The van der Waals surface area contributed by atoms with Crippen molar-refractivity contribution in [3.8, 4) is 0 Å². The zero-order valence-electron chi connectivity index (χ0n) is 9.49. The van der Waals surface area contributed by atoms with Crippen LogP contribution in [0.2, 0.25) is 0 Å². The van der Waals surface area contributed by atoms with Gasteiger partial charge in [0.1, 0.15) is 0 Å². The maximum atomic E-state index is 3.62. The van der Waals surface area contributed by atoms with Gasteiger partial charge in [0.05, 0.1) is 0 Å². The molecule has 82 valence electrons. The molecule has 0 aliphatic carbocycles. The lowest BCUT2D eigenvalue weighted by molar-refractivity contribution is 0.544. The number of rotatable bonds is 4. The predicted molar refractivity (Wildman–Crippen MR) is 68.7 cm³/mol. The normalized spacial score (nSPS) is 18.5. The molecule has 1 saturated heterocycles. The second-order valence-electron chi connectivity index (χ2n) is 4.46. The van der Waals surface area contributed by atoms with Gasteiger partial charge in [-0.2, -0.15) is 11.8 Å². The van der Waals surface area contributed by atoms with Crippen molar-refractivity contribution in [1.29, 1.82) is 0 Å². The molecule has 0 spiro atoms.